The van der Waals surface area contributed by atoms with Crippen LogP contribution in [0.15, 0.2) is 34.8 Å². The molecule has 0 bridgehead atoms. The predicted octanol–water partition coefficient (Wildman–Crippen LogP) is 4.24. The van der Waals surface area contributed by atoms with Gasteiger partial charge >= 0.3 is 0 Å². The number of aryl methyl sites for hydroxylation is 1. The monoisotopic (exact) mass is 247 g/mol. The number of hydrogen-bond acceptors (Lipinski definition) is 2. The molecule has 0 saturated heterocycles. The molecule has 2 rings (SSSR count). The number of allylic oxidation sites excluding steroid dienone is 1. The van der Waals surface area contributed by atoms with E-state index < -0.39 is 0 Å². The molecule has 1 atom stereocenters. The maximum Gasteiger partial charge on any atom is 0.134 e. The van der Waals surface area contributed by atoms with Crippen molar-refractivity contribution in [3.8, 4) is 0 Å². The van der Waals surface area contributed by atoms with E-state index in [9.17, 15) is 4.39 Å². The molecule has 1 aromatic carbocycles. The van der Waals surface area contributed by atoms with Crippen molar-refractivity contribution in [2.45, 2.75) is 32.7 Å². The highest BCUT2D eigenvalue weighted by molar-refractivity contribution is 5.82. The minimum atomic E-state index is -0.256. The first-order chi connectivity index (χ1) is 8.49. The van der Waals surface area contributed by atoms with Crippen LogP contribution in [-0.2, 0) is 0 Å². The number of nitrogens with two attached hydrogens (primary N) is 1. The van der Waals surface area contributed by atoms with Gasteiger partial charge in [0, 0.05) is 10.9 Å². The van der Waals surface area contributed by atoms with Crippen LogP contribution in [-0.4, -0.2) is 0 Å². The van der Waals surface area contributed by atoms with Crippen molar-refractivity contribution in [1.29, 1.82) is 0 Å². The molecule has 0 amide bonds. The van der Waals surface area contributed by atoms with Crippen molar-refractivity contribution >= 4 is 11.0 Å². The summed E-state index contributed by atoms with van der Waals surface area (Å²) in [5.41, 5.74) is 8.84. The van der Waals surface area contributed by atoms with Crippen LogP contribution < -0.4 is 5.73 Å². The molecule has 0 saturated carbocycles. The van der Waals surface area contributed by atoms with E-state index in [1.54, 1.807) is 6.07 Å². The Morgan fingerprint density at radius 3 is 2.89 bits per heavy atom. The second kappa shape index (κ2) is 4.94. The van der Waals surface area contributed by atoms with Crippen LogP contribution in [0.1, 0.15) is 37.1 Å². The van der Waals surface area contributed by atoms with Crippen LogP contribution in [0.2, 0.25) is 0 Å². The van der Waals surface area contributed by atoms with Gasteiger partial charge in [0.2, 0.25) is 0 Å². The topological polar surface area (TPSA) is 39.2 Å². The first kappa shape index (κ1) is 12.8. The zero-order valence-electron chi connectivity index (χ0n) is 10.8. The molecule has 0 aliphatic carbocycles. The maximum absolute atomic E-state index is 13.2. The van der Waals surface area contributed by atoms with Gasteiger partial charge in [-0.3, -0.25) is 0 Å². The van der Waals surface area contributed by atoms with Gasteiger partial charge in [-0.1, -0.05) is 5.57 Å². The molecular weight excluding hydrogens is 229 g/mol. The van der Waals surface area contributed by atoms with E-state index in [-0.39, 0.29) is 11.9 Å². The zero-order valence-corrected chi connectivity index (χ0v) is 10.8. The zero-order chi connectivity index (χ0) is 13.3. The van der Waals surface area contributed by atoms with Gasteiger partial charge in [-0.05, 0) is 44.9 Å². The first-order valence-electron chi connectivity index (χ1n) is 6.07. The molecular formula is C15H18FNO. The fourth-order valence-electron chi connectivity index (χ4n) is 2.10. The van der Waals surface area contributed by atoms with Crippen LogP contribution >= 0.6 is 0 Å². The third kappa shape index (κ3) is 2.46. The van der Waals surface area contributed by atoms with Crippen molar-refractivity contribution in [2.24, 2.45) is 5.73 Å². The summed E-state index contributed by atoms with van der Waals surface area (Å²) in [7, 11) is 0. The summed E-state index contributed by atoms with van der Waals surface area (Å²) in [5, 5.41) is 0.802. The Morgan fingerprint density at radius 1 is 1.50 bits per heavy atom. The third-order valence-corrected chi connectivity index (χ3v) is 3.15. The summed E-state index contributed by atoms with van der Waals surface area (Å²) in [4.78, 5) is 0. The van der Waals surface area contributed by atoms with Crippen molar-refractivity contribution < 1.29 is 8.81 Å². The van der Waals surface area contributed by atoms with E-state index in [1.807, 2.05) is 13.8 Å². The van der Waals surface area contributed by atoms with Gasteiger partial charge in [0.15, 0.2) is 0 Å². The van der Waals surface area contributed by atoms with Crippen molar-refractivity contribution in [2.75, 3.05) is 0 Å². The molecule has 0 radical (unpaired) electrons. The van der Waals surface area contributed by atoms with Crippen LogP contribution in [0, 0.1) is 12.7 Å². The molecule has 3 heteroatoms. The molecule has 2 N–H and O–H groups in total. The normalized spacial score (nSPS) is 12.9. The Labute approximate surface area is 106 Å². The number of furan rings is 1. The Hall–Kier alpha value is -1.61. The third-order valence-electron chi connectivity index (χ3n) is 3.15. The predicted molar refractivity (Wildman–Crippen MR) is 71.9 cm³/mol. The van der Waals surface area contributed by atoms with Crippen LogP contribution in [0.4, 0.5) is 4.39 Å². The lowest BCUT2D eigenvalue weighted by atomic mass is 10.0. The van der Waals surface area contributed by atoms with Crippen molar-refractivity contribution in [3.05, 3.63) is 47.5 Å². The fraction of sp³-hybridized carbons (Fsp3) is 0.333. The smallest absolute Gasteiger partial charge is 0.134 e. The molecule has 2 aromatic rings. The lowest BCUT2D eigenvalue weighted by molar-refractivity contribution is 0.474. The Bertz CT molecular complexity index is 585. The molecule has 1 heterocycles. The summed E-state index contributed by atoms with van der Waals surface area (Å²) in [6.07, 6.45) is 1.66. The fourth-order valence-corrected chi connectivity index (χ4v) is 2.10. The van der Waals surface area contributed by atoms with E-state index in [0.717, 1.165) is 35.1 Å². The van der Waals surface area contributed by atoms with Gasteiger partial charge in [0.25, 0.3) is 0 Å². The molecule has 1 aromatic heterocycles. The second-order valence-electron chi connectivity index (χ2n) is 4.83. The van der Waals surface area contributed by atoms with Crippen molar-refractivity contribution in [1.82, 2.24) is 0 Å². The standard InChI is InChI=1S/C15H18FNO/c1-9(2)4-6-13(17)15-10(3)12-8-11(16)5-7-14(12)18-15/h5,7-8,13H,1,4,6,17H2,2-3H3. The summed E-state index contributed by atoms with van der Waals surface area (Å²) in [5.74, 6) is 0.491. The van der Waals surface area contributed by atoms with Gasteiger partial charge in [-0.2, -0.15) is 0 Å². The van der Waals surface area contributed by atoms with E-state index in [1.165, 1.54) is 12.1 Å². The highest BCUT2D eigenvalue weighted by atomic mass is 19.1. The second-order valence-corrected chi connectivity index (χ2v) is 4.83. The van der Waals surface area contributed by atoms with E-state index in [4.69, 9.17) is 10.2 Å². The molecule has 96 valence electrons. The van der Waals surface area contributed by atoms with Gasteiger partial charge in [-0.25, -0.2) is 4.39 Å². The highest BCUT2D eigenvalue weighted by Crippen LogP contribution is 2.31. The van der Waals surface area contributed by atoms with Crippen LogP contribution in [0.25, 0.3) is 11.0 Å². The summed E-state index contributed by atoms with van der Waals surface area (Å²) in [6.45, 7) is 7.76. The SMILES string of the molecule is C=C(C)CCC(N)c1oc2ccc(F)cc2c1C. The molecule has 0 fully saturated rings. The number of hydrogen-bond donors (Lipinski definition) is 1. The summed E-state index contributed by atoms with van der Waals surface area (Å²) in [6, 6.07) is 4.36. The average Bonchev–Trinajstić information content (AvgIpc) is 2.64. The molecule has 18 heavy (non-hydrogen) atoms. The van der Waals surface area contributed by atoms with Crippen LogP contribution in [0.5, 0.6) is 0 Å². The van der Waals surface area contributed by atoms with Gasteiger partial charge in [-0.15, -0.1) is 6.58 Å². The van der Waals surface area contributed by atoms with E-state index in [2.05, 4.69) is 6.58 Å². The average molecular weight is 247 g/mol. The number of fused-ring (bicyclic) bond motifs is 1. The van der Waals surface area contributed by atoms with Gasteiger partial charge < -0.3 is 10.2 Å². The number of benzene rings is 1. The molecule has 0 spiro atoms. The van der Waals surface area contributed by atoms with Crippen LogP contribution in [0.3, 0.4) is 0 Å². The van der Waals surface area contributed by atoms with E-state index in [0.29, 0.717) is 5.58 Å². The largest absolute Gasteiger partial charge is 0.459 e. The van der Waals surface area contributed by atoms with Gasteiger partial charge in [0.1, 0.15) is 17.2 Å². The number of halogens is 1. The lowest BCUT2D eigenvalue weighted by Crippen LogP contribution is -2.10. The maximum atomic E-state index is 13.2. The Balaban J connectivity index is 2.33. The molecule has 0 aliphatic heterocycles. The minimum Gasteiger partial charge on any atom is -0.459 e. The number of rotatable bonds is 4. The Kier molecular flexibility index (Phi) is 3.53. The van der Waals surface area contributed by atoms with Gasteiger partial charge in [0.05, 0.1) is 6.04 Å². The summed E-state index contributed by atoms with van der Waals surface area (Å²) >= 11 is 0. The lowest BCUT2D eigenvalue weighted by Gasteiger charge is -2.09. The van der Waals surface area contributed by atoms with Crippen molar-refractivity contribution in [3.63, 3.8) is 0 Å². The molecule has 0 aliphatic rings. The van der Waals surface area contributed by atoms with E-state index >= 15 is 0 Å². The highest BCUT2D eigenvalue weighted by Gasteiger charge is 2.17. The quantitative estimate of drug-likeness (QED) is 0.821. The minimum absolute atomic E-state index is 0.169. The Morgan fingerprint density at radius 2 is 2.22 bits per heavy atom. The summed E-state index contributed by atoms with van der Waals surface area (Å²) < 4.78 is 18.9. The molecule has 2 nitrogen and oxygen atoms in total. The molecule has 1 unspecified atom stereocenters. The first-order valence-corrected chi connectivity index (χ1v) is 6.07.